The summed E-state index contributed by atoms with van der Waals surface area (Å²) < 4.78 is 44.5. The number of Topliss-reactive ketones (excluding diaryl/α,β-unsaturated/α-hetero) is 1. The third-order valence-electron chi connectivity index (χ3n) is 2.98. The third kappa shape index (κ3) is 6.09. The Labute approximate surface area is 142 Å². The van der Waals surface area contributed by atoms with E-state index in [0.717, 1.165) is 6.07 Å². The first-order valence-electron chi connectivity index (χ1n) is 7.31. The van der Waals surface area contributed by atoms with Crippen LogP contribution in [-0.4, -0.2) is 34.6 Å². The van der Waals surface area contributed by atoms with Gasteiger partial charge in [0, 0.05) is 6.42 Å². The molecule has 0 bridgehead atoms. The number of aliphatic carboxylic acids is 1. The molecular formula is C16H18F3NO5. The fourth-order valence-corrected chi connectivity index (χ4v) is 1.86. The topological polar surface area (TPSA) is 92.7 Å². The van der Waals surface area contributed by atoms with Gasteiger partial charge >= 0.3 is 12.1 Å². The molecule has 1 atom stereocenters. The number of benzene rings is 1. The molecule has 0 radical (unpaired) electrons. The van der Waals surface area contributed by atoms with Gasteiger partial charge in [-0.15, -0.1) is 0 Å². The van der Waals surface area contributed by atoms with Crippen LogP contribution in [0.1, 0.15) is 44.0 Å². The molecule has 1 aromatic carbocycles. The predicted molar refractivity (Wildman–Crippen MR) is 80.7 cm³/mol. The number of ketones is 1. The SMILES string of the molecule is CC(C)(C)OC(=O)NC(CCC(=O)c1ccc(F)c(F)c1F)C(=O)O. The zero-order valence-electron chi connectivity index (χ0n) is 13.9. The van der Waals surface area contributed by atoms with Crippen LogP contribution >= 0.6 is 0 Å². The van der Waals surface area contributed by atoms with E-state index in [0.29, 0.717) is 6.07 Å². The van der Waals surface area contributed by atoms with Crippen LogP contribution in [0.2, 0.25) is 0 Å². The Morgan fingerprint density at radius 2 is 1.76 bits per heavy atom. The Morgan fingerprint density at radius 1 is 1.16 bits per heavy atom. The minimum absolute atomic E-state index is 0.383. The van der Waals surface area contributed by atoms with Crippen LogP contribution in [0, 0.1) is 17.5 Å². The van der Waals surface area contributed by atoms with Gasteiger partial charge in [-0.3, -0.25) is 4.79 Å². The summed E-state index contributed by atoms with van der Waals surface area (Å²) in [4.78, 5) is 34.6. The van der Waals surface area contributed by atoms with E-state index in [9.17, 15) is 27.6 Å². The van der Waals surface area contributed by atoms with Crippen molar-refractivity contribution in [3.05, 3.63) is 35.1 Å². The average Bonchev–Trinajstić information content (AvgIpc) is 2.46. The van der Waals surface area contributed by atoms with E-state index < -0.39 is 58.9 Å². The molecule has 9 heteroatoms. The third-order valence-corrected chi connectivity index (χ3v) is 2.98. The van der Waals surface area contributed by atoms with Gasteiger partial charge in [-0.1, -0.05) is 0 Å². The lowest BCUT2D eigenvalue weighted by Crippen LogP contribution is -2.43. The van der Waals surface area contributed by atoms with Crippen LogP contribution in [0.5, 0.6) is 0 Å². The van der Waals surface area contributed by atoms with Gasteiger partial charge < -0.3 is 15.2 Å². The molecule has 0 spiro atoms. The van der Waals surface area contributed by atoms with E-state index >= 15 is 0 Å². The zero-order chi connectivity index (χ0) is 19.4. The number of hydrogen-bond acceptors (Lipinski definition) is 4. The number of carboxylic acids is 1. The molecule has 0 saturated carbocycles. The summed E-state index contributed by atoms with van der Waals surface area (Å²) in [6, 6.07) is -0.0981. The van der Waals surface area contributed by atoms with E-state index in [1.165, 1.54) is 0 Å². The Bertz CT molecular complexity index is 685. The highest BCUT2D eigenvalue weighted by Crippen LogP contribution is 2.18. The number of nitrogens with one attached hydrogen (secondary N) is 1. The van der Waals surface area contributed by atoms with Crippen molar-refractivity contribution in [2.75, 3.05) is 0 Å². The maximum atomic E-state index is 13.5. The number of carbonyl (C=O) groups excluding carboxylic acids is 2. The van der Waals surface area contributed by atoms with E-state index in [4.69, 9.17) is 9.84 Å². The molecule has 0 aliphatic heterocycles. The standard InChI is InChI=1S/C16H18F3NO5/c1-16(2,3)25-15(24)20-10(14(22)23)6-7-11(21)8-4-5-9(17)13(19)12(8)18/h4-5,10H,6-7H2,1-3H3,(H,20,24)(H,22,23). The van der Waals surface area contributed by atoms with Crippen LogP contribution < -0.4 is 5.32 Å². The first kappa shape index (κ1) is 20.5. The maximum Gasteiger partial charge on any atom is 0.408 e. The summed E-state index contributed by atoms with van der Waals surface area (Å²) in [5.74, 6) is -7.22. The number of hydrogen-bond donors (Lipinski definition) is 2. The molecular weight excluding hydrogens is 343 g/mol. The molecule has 0 saturated heterocycles. The van der Waals surface area contributed by atoms with Crippen LogP contribution in [0.25, 0.3) is 0 Å². The highest BCUT2D eigenvalue weighted by atomic mass is 19.2. The van der Waals surface area contributed by atoms with Crippen molar-refractivity contribution < 1.29 is 37.4 Å². The molecule has 1 aromatic rings. The lowest BCUT2D eigenvalue weighted by Gasteiger charge is -2.21. The maximum absolute atomic E-state index is 13.5. The largest absolute Gasteiger partial charge is 0.480 e. The van der Waals surface area contributed by atoms with Crippen molar-refractivity contribution in [3.8, 4) is 0 Å². The van der Waals surface area contributed by atoms with Gasteiger partial charge in [0.25, 0.3) is 0 Å². The second kappa shape index (κ2) is 8.00. The smallest absolute Gasteiger partial charge is 0.408 e. The lowest BCUT2D eigenvalue weighted by atomic mass is 10.0. The van der Waals surface area contributed by atoms with Gasteiger partial charge in [0.1, 0.15) is 11.6 Å². The molecule has 25 heavy (non-hydrogen) atoms. The Kier molecular flexibility index (Phi) is 6.55. The lowest BCUT2D eigenvalue weighted by molar-refractivity contribution is -0.139. The molecule has 1 amide bonds. The van der Waals surface area contributed by atoms with Crippen molar-refractivity contribution in [2.24, 2.45) is 0 Å². The summed E-state index contributed by atoms with van der Waals surface area (Å²) in [5.41, 5.74) is -1.54. The van der Waals surface area contributed by atoms with Crippen molar-refractivity contribution >= 4 is 17.8 Å². The van der Waals surface area contributed by atoms with Gasteiger partial charge in [-0.25, -0.2) is 22.8 Å². The molecule has 0 fully saturated rings. The summed E-state index contributed by atoms with van der Waals surface area (Å²) in [6.45, 7) is 4.74. The average molecular weight is 361 g/mol. The van der Waals surface area contributed by atoms with Gasteiger partial charge in [-0.05, 0) is 39.3 Å². The molecule has 0 heterocycles. The Hall–Kier alpha value is -2.58. The molecule has 0 aliphatic rings. The number of amides is 1. The van der Waals surface area contributed by atoms with Crippen molar-refractivity contribution in [1.29, 1.82) is 0 Å². The molecule has 138 valence electrons. The highest BCUT2D eigenvalue weighted by Gasteiger charge is 2.26. The highest BCUT2D eigenvalue weighted by molar-refractivity contribution is 5.96. The van der Waals surface area contributed by atoms with Gasteiger partial charge in [0.15, 0.2) is 23.2 Å². The monoisotopic (exact) mass is 361 g/mol. The Morgan fingerprint density at radius 3 is 2.28 bits per heavy atom. The van der Waals surface area contributed by atoms with E-state index in [2.05, 4.69) is 5.32 Å². The summed E-state index contributed by atoms with van der Waals surface area (Å²) in [5, 5.41) is 11.1. The fraction of sp³-hybridized carbons (Fsp3) is 0.438. The van der Waals surface area contributed by atoms with E-state index in [1.54, 1.807) is 20.8 Å². The molecule has 6 nitrogen and oxygen atoms in total. The molecule has 0 aliphatic carbocycles. The van der Waals surface area contributed by atoms with Gasteiger partial charge in [0.05, 0.1) is 5.56 Å². The molecule has 1 unspecified atom stereocenters. The molecule has 0 aromatic heterocycles. The second-order valence-corrected chi connectivity index (χ2v) is 6.22. The number of carbonyl (C=O) groups is 3. The quantitative estimate of drug-likeness (QED) is 0.600. The summed E-state index contributed by atoms with van der Waals surface area (Å²) in [6.07, 6.45) is -1.88. The van der Waals surface area contributed by atoms with E-state index in [-0.39, 0.29) is 6.42 Å². The zero-order valence-corrected chi connectivity index (χ0v) is 13.9. The van der Waals surface area contributed by atoms with Gasteiger partial charge in [0.2, 0.25) is 0 Å². The molecule has 1 rings (SSSR count). The predicted octanol–water partition coefficient (Wildman–Crippen LogP) is 3.04. The van der Waals surface area contributed by atoms with Gasteiger partial charge in [-0.2, -0.15) is 0 Å². The first-order valence-corrected chi connectivity index (χ1v) is 7.31. The van der Waals surface area contributed by atoms with Crippen molar-refractivity contribution in [2.45, 2.75) is 45.3 Å². The minimum Gasteiger partial charge on any atom is -0.480 e. The number of rotatable bonds is 6. The number of alkyl carbamates (subject to hydrolysis) is 1. The normalized spacial score (nSPS) is 12.4. The summed E-state index contributed by atoms with van der Waals surface area (Å²) >= 11 is 0. The number of carboxylic acid groups (broad SMARTS) is 1. The number of ether oxygens (including phenoxy) is 1. The first-order chi connectivity index (χ1) is 11.4. The van der Waals surface area contributed by atoms with E-state index in [1.807, 2.05) is 0 Å². The van der Waals surface area contributed by atoms with Crippen molar-refractivity contribution in [1.82, 2.24) is 5.32 Å². The minimum atomic E-state index is -1.78. The summed E-state index contributed by atoms with van der Waals surface area (Å²) in [7, 11) is 0. The fourth-order valence-electron chi connectivity index (χ4n) is 1.86. The van der Waals surface area contributed by atoms with Crippen LogP contribution in [0.15, 0.2) is 12.1 Å². The second-order valence-electron chi connectivity index (χ2n) is 6.22. The Balaban J connectivity index is 2.75. The van der Waals surface area contributed by atoms with Crippen LogP contribution in [0.3, 0.4) is 0 Å². The van der Waals surface area contributed by atoms with Crippen LogP contribution in [0.4, 0.5) is 18.0 Å². The number of halogens is 3. The molecule has 2 N–H and O–H groups in total. The van der Waals surface area contributed by atoms with Crippen LogP contribution in [-0.2, 0) is 9.53 Å². The van der Waals surface area contributed by atoms with Crippen molar-refractivity contribution in [3.63, 3.8) is 0 Å².